The highest BCUT2D eigenvalue weighted by molar-refractivity contribution is 7.92. The van der Waals surface area contributed by atoms with Crippen LogP contribution in [0.2, 0.25) is 0 Å². The molecule has 0 radical (unpaired) electrons. The van der Waals surface area contributed by atoms with E-state index in [1.807, 2.05) is 13.8 Å². The quantitative estimate of drug-likeness (QED) is 0.607. The fraction of sp³-hybridized carbons (Fsp3) is 0.211. The first-order valence-electron chi connectivity index (χ1n) is 8.69. The van der Waals surface area contributed by atoms with Gasteiger partial charge in [-0.2, -0.15) is 0 Å². The van der Waals surface area contributed by atoms with Gasteiger partial charge in [0.2, 0.25) is 5.13 Å². The first-order valence-corrected chi connectivity index (χ1v) is 11.0. The number of aryl methyl sites for hydroxylation is 1. The molecule has 0 spiro atoms. The van der Waals surface area contributed by atoms with Crippen molar-refractivity contribution in [3.05, 3.63) is 64.4 Å². The topological polar surface area (TPSA) is 101 Å². The minimum absolute atomic E-state index is 0.0855. The predicted molar refractivity (Wildman–Crippen MR) is 110 cm³/mol. The molecule has 1 amide bonds. The first-order chi connectivity index (χ1) is 13.7. The molecule has 152 valence electrons. The van der Waals surface area contributed by atoms with E-state index in [9.17, 15) is 17.6 Å². The molecule has 3 rings (SSSR count). The van der Waals surface area contributed by atoms with Gasteiger partial charge in [0.05, 0.1) is 4.90 Å². The summed E-state index contributed by atoms with van der Waals surface area (Å²) in [6.07, 6.45) is 0. The normalized spacial score (nSPS) is 11.5. The zero-order valence-corrected chi connectivity index (χ0v) is 17.6. The van der Waals surface area contributed by atoms with Crippen LogP contribution in [0.4, 0.5) is 15.2 Å². The Hall–Kier alpha value is -2.85. The Morgan fingerprint density at radius 1 is 1.10 bits per heavy atom. The number of hydrogen-bond acceptors (Lipinski definition) is 6. The molecule has 0 aliphatic rings. The molecule has 0 saturated heterocycles. The van der Waals surface area contributed by atoms with Crippen molar-refractivity contribution in [2.24, 2.45) is 0 Å². The predicted octanol–water partition coefficient (Wildman–Crippen LogP) is 4.16. The second-order valence-corrected chi connectivity index (χ2v) is 9.33. The zero-order valence-electron chi connectivity index (χ0n) is 15.9. The van der Waals surface area contributed by atoms with Gasteiger partial charge in [-0.05, 0) is 48.9 Å². The third-order valence-corrected chi connectivity index (χ3v) is 6.53. The number of amides is 1. The lowest BCUT2D eigenvalue weighted by Gasteiger charge is -2.11. The smallest absolute Gasteiger partial charge is 0.261 e. The van der Waals surface area contributed by atoms with Crippen LogP contribution in [0.3, 0.4) is 0 Å². The standard InChI is InChI=1S/C19H19FN4O3S2/c1-11(2)18-22-23-19(28-18)21-17(25)16-10-15(9-4-12(16)3)29(26,27)24-14-7-5-13(20)6-8-14/h4-11,24H,1-3H3,(H,21,23,25). The van der Waals surface area contributed by atoms with Crippen LogP contribution >= 0.6 is 11.3 Å². The Labute approximate surface area is 172 Å². The molecular formula is C19H19FN4O3S2. The highest BCUT2D eigenvalue weighted by Gasteiger charge is 2.19. The highest BCUT2D eigenvalue weighted by Crippen LogP contribution is 2.24. The lowest BCUT2D eigenvalue weighted by Crippen LogP contribution is -2.17. The maximum absolute atomic E-state index is 13.0. The minimum Gasteiger partial charge on any atom is -0.296 e. The molecule has 0 aliphatic carbocycles. The van der Waals surface area contributed by atoms with Crippen molar-refractivity contribution < 1.29 is 17.6 Å². The lowest BCUT2D eigenvalue weighted by atomic mass is 10.1. The fourth-order valence-electron chi connectivity index (χ4n) is 2.43. The van der Waals surface area contributed by atoms with Crippen molar-refractivity contribution >= 4 is 38.1 Å². The molecule has 2 aromatic carbocycles. The highest BCUT2D eigenvalue weighted by atomic mass is 32.2. The third-order valence-electron chi connectivity index (χ3n) is 4.02. The summed E-state index contributed by atoms with van der Waals surface area (Å²) in [6.45, 7) is 5.65. The Morgan fingerprint density at radius 3 is 2.41 bits per heavy atom. The van der Waals surface area contributed by atoms with Gasteiger partial charge in [-0.15, -0.1) is 10.2 Å². The molecule has 0 saturated carbocycles. The SMILES string of the molecule is Cc1ccc(S(=O)(=O)Nc2ccc(F)cc2)cc1C(=O)Nc1nnc(C(C)C)s1. The number of rotatable bonds is 6. The second-order valence-electron chi connectivity index (χ2n) is 6.64. The van der Waals surface area contributed by atoms with Gasteiger partial charge in [0.1, 0.15) is 10.8 Å². The van der Waals surface area contributed by atoms with Crippen molar-refractivity contribution in [3.63, 3.8) is 0 Å². The number of aromatic nitrogens is 2. The van der Waals surface area contributed by atoms with Crippen molar-refractivity contribution in [1.82, 2.24) is 10.2 Å². The summed E-state index contributed by atoms with van der Waals surface area (Å²) in [5.74, 6) is -0.766. The molecule has 29 heavy (non-hydrogen) atoms. The van der Waals surface area contributed by atoms with E-state index in [2.05, 4.69) is 20.2 Å². The van der Waals surface area contributed by atoms with Crippen molar-refractivity contribution in [2.75, 3.05) is 10.0 Å². The van der Waals surface area contributed by atoms with E-state index in [0.717, 1.165) is 17.1 Å². The number of hydrogen-bond donors (Lipinski definition) is 2. The van der Waals surface area contributed by atoms with Crippen LogP contribution in [0.15, 0.2) is 47.4 Å². The Kier molecular flexibility index (Phi) is 5.94. The fourth-order valence-corrected chi connectivity index (χ4v) is 4.25. The van der Waals surface area contributed by atoms with Crippen molar-refractivity contribution in [3.8, 4) is 0 Å². The van der Waals surface area contributed by atoms with Gasteiger partial charge < -0.3 is 0 Å². The zero-order chi connectivity index (χ0) is 21.2. The molecule has 0 bridgehead atoms. The number of halogens is 1. The van der Waals surface area contributed by atoms with Gasteiger partial charge >= 0.3 is 0 Å². The molecular weight excluding hydrogens is 415 g/mol. The van der Waals surface area contributed by atoms with E-state index in [1.165, 1.54) is 35.6 Å². The van der Waals surface area contributed by atoms with Crippen LogP contribution in [0.25, 0.3) is 0 Å². The number of carbonyl (C=O) groups excluding carboxylic acids is 1. The molecule has 10 heteroatoms. The maximum atomic E-state index is 13.0. The number of anilines is 2. The average Bonchev–Trinajstić information content (AvgIpc) is 3.12. The molecule has 0 unspecified atom stereocenters. The summed E-state index contributed by atoms with van der Waals surface area (Å²) < 4.78 is 40.7. The van der Waals surface area contributed by atoms with E-state index in [4.69, 9.17) is 0 Å². The van der Waals surface area contributed by atoms with E-state index in [0.29, 0.717) is 10.7 Å². The third kappa shape index (κ3) is 4.96. The molecule has 3 aromatic rings. The molecule has 0 fully saturated rings. The van der Waals surface area contributed by atoms with Gasteiger partial charge in [-0.25, -0.2) is 12.8 Å². The monoisotopic (exact) mass is 434 g/mol. The summed E-state index contributed by atoms with van der Waals surface area (Å²) in [4.78, 5) is 12.6. The number of carbonyl (C=O) groups is 1. The van der Waals surface area contributed by atoms with Gasteiger partial charge in [0.15, 0.2) is 0 Å². The molecule has 1 heterocycles. The molecule has 1 aromatic heterocycles. The maximum Gasteiger partial charge on any atom is 0.261 e. The van der Waals surface area contributed by atoms with Gasteiger partial charge in [-0.1, -0.05) is 31.3 Å². The van der Waals surface area contributed by atoms with Crippen LogP contribution in [0.1, 0.15) is 40.7 Å². The van der Waals surface area contributed by atoms with Gasteiger partial charge in [0, 0.05) is 17.2 Å². The lowest BCUT2D eigenvalue weighted by molar-refractivity contribution is 0.102. The summed E-state index contributed by atoms with van der Waals surface area (Å²) in [5.41, 5.74) is 1.03. The minimum atomic E-state index is -3.96. The Balaban J connectivity index is 1.84. The van der Waals surface area contributed by atoms with E-state index >= 15 is 0 Å². The molecule has 0 atom stereocenters. The van der Waals surface area contributed by atoms with Gasteiger partial charge in [-0.3, -0.25) is 14.8 Å². The number of nitrogens with one attached hydrogen (secondary N) is 2. The first kappa shape index (κ1) is 20.9. The van der Waals surface area contributed by atoms with E-state index < -0.39 is 21.7 Å². The molecule has 2 N–H and O–H groups in total. The van der Waals surface area contributed by atoms with Crippen LogP contribution in [-0.4, -0.2) is 24.5 Å². The van der Waals surface area contributed by atoms with E-state index in [1.54, 1.807) is 13.0 Å². The summed E-state index contributed by atoms with van der Waals surface area (Å²) in [6, 6.07) is 9.18. The largest absolute Gasteiger partial charge is 0.296 e. The average molecular weight is 435 g/mol. The number of nitrogens with zero attached hydrogens (tertiary/aromatic N) is 2. The Bertz CT molecular complexity index is 1140. The Morgan fingerprint density at radius 2 is 1.79 bits per heavy atom. The molecule has 7 nitrogen and oxygen atoms in total. The second kappa shape index (κ2) is 8.26. The van der Waals surface area contributed by atoms with Crippen molar-refractivity contribution in [1.29, 1.82) is 0 Å². The number of benzene rings is 2. The van der Waals surface area contributed by atoms with Crippen LogP contribution in [0.5, 0.6) is 0 Å². The summed E-state index contributed by atoms with van der Waals surface area (Å²) >= 11 is 1.27. The summed E-state index contributed by atoms with van der Waals surface area (Å²) in [7, 11) is -3.96. The van der Waals surface area contributed by atoms with Gasteiger partial charge in [0.25, 0.3) is 15.9 Å². The number of sulfonamides is 1. The van der Waals surface area contributed by atoms with Crippen LogP contribution in [0, 0.1) is 12.7 Å². The molecule has 0 aliphatic heterocycles. The van der Waals surface area contributed by atoms with Crippen LogP contribution in [-0.2, 0) is 10.0 Å². The van der Waals surface area contributed by atoms with Crippen LogP contribution < -0.4 is 10.0 Å². The summed E-state index contributed by atoms with van der Waals surface area (Å²) in [5, 5.41) is 11.7. The van der Waals surface area contributed by atoms with Crippen molar-refractivity contribution in [2.45, 2.75) is 31.6 Å². The van der Waals surface area contributed by atoms with E-state index in [-0.39, 0.29) is 22.1 Å².